The molecule has 9 nitrogen and oxygen atoms in total. The molecule has 0 saturated heterocycles. The minimum Gasteiger partial charge on any atom is -0.454 e. The number of halogens is 4. The van der Waals surface area contributed by atoms with Gasteiger partial charge in [0.15, 0.2) is 5.75 Å². The topological polar surface area (TPSA) is 118 Å². The van der Waals surface area contributed by atoms with Gasteiger partial charge in [-0.2, -0.15) is 0 Å². The van der Waals surface area contributed by atoms with E-state index in [0.29, 0.717) is 0 Å². The molecule has 0 radical (unpaired) electrons. The van der Waals surface area contributed by atoms with Gasteiger partial charge in [-0.1, -0.05) is 23.7 Å². The second kappa shape index (κ2) is 10.6. The van der Waals surface area contributed by atoms with E-state index in [2.05, 4.69) is 13.8 Å². The van der Waals surface area contributed by atoms with Crippen LogP contribution in [0.4, 0.5) is 18.9 Å². The first kappa shape index (κ1) is 28.0. The molecule has 38 heavy (non-hydrogen) atoms. The third-order valence-electron chi connectivity index (χ3n) is 5.35. The van der Waals surface area contributed by atoms with Gasteiger partial charge in [-0.15, -0.1) is 13.2 Å². The number of benzene rings is 3. The van der Waals surface area contributed by atoms with E-state index < -0.39 is 44.7 Å². The second-order valence-electron chi connectivity index (χ2n) is 7.93. The number of aliphatic hydroxyl groups excluding tert-OH is 1. The van der Waals surface area contributed by atoms with E-state index in [4.69, 9.17) is 16.3 Å². The fraction of sp³-hybridized carbons (Fsp3) is 0.217. The standard InChI is InChI=1S/C23H21ClF3N3O6S2/c1-28-37(32,18-9-7-17(8-10-18)36-23(25,26)27)29-13-16(31)14-30-19-12-15(24)6-11-20(19)35-21-4-2-3-5-22(21)38(30,33)34/h2-12,16,31H,13-14H2,1H3,(H,28,29,32). The van der Waals surface area contributed by atoms with Crippen LogP contribution in [0.1, 0.15) is 0 Å². The van der Waals surface area contributed by atoms with Crippen LogP contribution in [0, 0.1) is 0 Å². The summed E-state index contributed by atoms with van der Waals surface area (Å²) in [5.74, 6) is -0.223. The molecule has 2 N–H and O–H groups in total. The lowest BCUT2D eigenvalue weighted by Crippen LogP contribution is -2.42. The van der Waals surface area contributed by atoms with Crippen LogP contribution in [0.2, 0.25) is 5.02 Å². The van der Waals surface area contributed by atoms with Crippen molar-refractivity contribution in [1.82, 2.24) is 4.72 Å². The SMILES string of the molecule is CN=S(=O)(NCC(O)CN1c2cc(Cl)ccc2Oc2ccccc2S1(=O)=O)c1ccc(OC(F)(F)F)cc1. The molecular weight excluding hydrogens is 571 g/mol. The summed E-state index contributed by atoms with van der Waals surface area (Å²) >= 11 is 6.12. The predicted molar refractivity (Wildman–Crippen MR) is 134 cm³/mol. The molecule has 0 bridgehead atoms. The van der Waals surface area contributed by atoms with Gasteiger partial charge in [-0.25, -0.2) is 21.7 Å². The number of alkyl halides is 3. The normalized spacial score (nSPS) is 16.7. The third-order valence-corrected chi connectivity index (χ3v) is 9.39. The number of sulfonamides is 1. The lowest BCUT2D eigenvalue weighted by molar-refractivity contribution is -0.274. The summed E-state index contributed by atoms with van der Waals surface area (Å²) in [6.45, 7) is -0.862. The molecule has 0 aromatic heterocycles. The van der Waals surface area contributed by atoms with E-state index in [9.17, 15) is 30.9 Å². The van der Waals surface area contributed by atoms with Gasteiger partial charge in [0.2, 0.25) is 0 Å². The minimum atomic E-state index is -4.89. The maximum absolute atomic E-state index is 13.5. The Morgan fingerprint density at radius 2 is 1.82 bits per heavy atom. The number of ether oxygens (including phenoxy) is 2. The van der Waals surface area contributed by atoms with Crippen molar-refractivity contribution in [3.05, 3.63) is 71.8 Å². The summed E-state index contributed by atoms with van der Waals surface area (Å²) in [6.07, 6.45) is -6.29. The number of hydrogen-bond acceptors (Lipinski definition) is 7. The fourth-order valence-electron chi connectivity index (χ4n) is 3.63. The molecule has 204 valence electrons. The minimum absolute atomic E-state index is 0.0311. The summed E-state index contributed by atoms with van der Waals surface area (Å²) < 4.78 is 94.6. The molecule has 3 aromatic carbocycles. The van der Waals surface area contributed by atoms with Crippen molar-refractivity contribution in [2.24, 2.45) is 4.36 Å². The third kappa shape index (κ3) is 5.99. The van der Waals surface area contributed by atoms with Crippen LogP contribution in [-0.4, -0.2) is 50.3 Å². The van der Waals surface area contributed by atoms with Crippen LogP contribution in [0.5, 0.6) is 17.2 Å². The molecule has 2 unspecified atom stereocenters. The zero-order valence-corrected chi connectivity index (χ0v) is 21.9. The first-order valence-corrected chi connectivity index (χ1v) is 14.2. The molecule has 0 aliphatic carbocycles. The molecule has 0 saturated carbocycles. The number of aliphatic hydroxyl groups is 1. The number of β-amino-alcohol motifs (C(OH)–C–C–N with tert-alkyl or cyclic N) is 1. The van der Waals surface area contributed by atoms with E-state index in [1.54, 1.807) is 6.07 Å². The van der Waals surface area contributed by atoms with Crippen molar-refractivity contribution < 1.29 is 40.4 Å². The van der Waals surface area contributed by atoms with E-state index in [-0.39, 0.29) is 38.5 Å². The van der Waals surface area contributed by atoms with Gasteiger partial charge in [-0.05, 0) is 54.6 Å². The van der Waals surface area contributed by atoms with Gasteiger partial charge in [0.25, 0.3) is 10.0 Å². The fourth-order valence-corrected chi connectivity index (χ4v) is 6.84. The van der Waals surface area contributed by atoms with Crippen molar-refractivity contribution in [2.75, 3.05) is 24.4 Å². The molecule has 15 heteroatoms. The average Bonchev–Trinajstić information content (AvgIpc) is 2.94. The highest BCUT2D eigenvalue weighted by molar-refractivity contribution is 7.93. The Morgan fingerprint density at radius 3 is 2.47 bits per heavy atom. The van der Waals surface area contributed by atoms with Gasteiger partial charge >= 0.3 is 6.36 Å². The Balaban J connectivity index is 1.57. The average molecular weight is 592 g/mol. The zero-order valence-electron chi connectivity index (χ0n) is 19.6. The lowest BCUT2D eigenvalue weighted by atomic mass is 10.2. The maximum Gasteiger partial charge on any atom is 0.573 e. The Bertz CT molecular complexity index is 1560. The highest BCUT2D eigenvalue weighted by Crippen LogP contribution is 2.43. The summed E-state index contributed by atoms with van der Waals surface area (Å²) in [7, 11) is -6.37. The van der Waals surface area contributed by atoms with Crippen molar-refractivity contribution in [3.8, 4) is 17.2 Å². The van der Waals surface area contributed by atoms with Gasteiger partial charge < -0.3 is 14.6 Å². The number of nitrogens with zero attached hydrogens (tertiary/aromatic N) is 2. The largest absolute Gasteiger partial charge is 0.573 e. The predicted octanol–water partition coefficient (Wildman–Crippen LogP) is 4.56. The van der Waals surface area contributed by atoms with E-state index in [0.717, 1.165) is 28.6 Å². The molecule has 1 heterocycles. The van der Waals surface area contributed by atoms with Crippen molar-refractivity contribution >= 4 is 37.2 Å². The van der Waals surface area contributed by atoms with Gasteiger partial charge in [0.05, 0.1) is 23.2 Å². The van der Waals surface area contributed by atoms with Crippen LogP contribution in [0.15, 0.2) is 80.9 Å². The number of para-hydroxylation sites is 1. The monoisotopic (exact) mass is 591 g/mol. The van der Waals surface area contributed by atoms with Crippen molar-refractivity contribution in [3.63, 3.8) is 0 Å². The zero-order chi connectivity index (χ0) is 27.7. The molecular formula is C23H21ClF3N3O6S2. The number of hydrogen-bond donors (Lipinski definition) is 2. The van der Waals surface area contributed by atoms with E-state index in [1.165, 1.54) is 43.4 Å². The molecule has 0 fully saturated rings. The number of anilines is 1. The Kier molecular flexibility index (Phi) is 7.81. The summed E-state index contributed by atoms with van der Waals surface area (Å²) in [6, 6.07) is 14.7. The molecule has 0 spiro atoms. The summed E-state index contributed by atoms with van der Waals surface area (Å²) in [5, 5.41) is 11.0. The van der Waals surface area contributed by atoms with Crippen LogP contribution < -0.4 is 18.5 Å². The van der Waals surface area contributed by atoms with Crippen molar-refractivity contribution in [1.29, 1.82) is 0 Å². The molecule has 3 aromatic rings. The van der Waals surface area contributed by atoms with Crippen LogP contribution in [0.3, 0.4) is 0 Å². The van der Waals surface area contributed by atoms with Gasteiger partial charge in [0.1, 0.15) is 26.3 Å². The summed E-state index contributed by atoms with van der Waals surface area (Å²) in [4.78, 5) is -0.0930. The van der Waals surface area contributed by atoms with Crippen LogP contribution in [0.25, 0.3) is 0 Å². The first-order chi connectivity index (χ1) is 17.8. The van der Waals surface area contributed by atoms with Gasteiger partial charge in [0, 0.05) is 18.6 Å². The maximum atomic E-state index is 13.5. The molecule has 4 rings (SSSR count). The van der Waals surface area contributed by atoms with Gasteiger partial charge in [-0.3, -0.25) is 4.31 Å². The lowest BCUT2D eigenvalue weighted by Gasteiger charge is -2.26. The second-order valence-corrected chi connectivity index (χ2v) is 12.4. The van der Waals surface area contributed by atoms with Crippen LogP contribution in [-0.2, 0) is 19.9 Å². The van der Waals surface area contributed by atoms with E-state index in [1.807, 2.05) is 0 Å². The highest BCUT2D eigenvalue weighted by Gasteiger charge is 2.35. The number of rotatable bonds is 7. The first-order valence-electron chi connectivity index (χ1n) is 10.9. The Hall–Kier alpha value is -3.04. The van der Waals surface area contributed by atoms with Crippen molar-refractivity contribution in [2.45, 2.75) is 22.3 Å². The quantitative estimate of drug-likeness (QED) is 0.416. The van der Waals surface area contributed by atoms with E-state index >= 15 is 0 Å². The summed E-state index contributed by atoms with van der Waals surface area (Å²) in [5.41, 5.74) is 0.0916. The molecule has 1 aliphatic rings. The highest BCUT2D eigenvalue weighted by atomic mass is 35.5. The number of nitrogens with one attached hydrogen (secondary N) is 1. The number of fused-ring (bicyclic) bond motifs is 2. The Labute approximate surface area is 222 Å². The smallest absolute Gasteiger partial charge is 0.454 e. The molecule has 1 aliphatic heterocycles. The van der Waals surface area contributed by atoms with Crippen LogP contribution >= 0.6 is 11.6 Å². The Morgan fingerprint density at radius 1 is 1.13 bits per heavy atom. The molecule has 2 atom stereocenters. The molecule has 0 amide bonds.